The van der Waals surface area contributed by atoms with Crippen molar-refractivity contribution in [2.45, 2.75) is 6.23 Å². The molecule has 5 N–H and O–H groups in total. The number of amides is 1. The second-order valence-corrected chi connectivity index (χ2v) is 4.50. The lowest BCUT2D eigenvalue weighted by atomic mass is 10.1. The smallest absolute Gasteiger partial charge is 0.255 e. The summed E-state index contributed by atoms with van der Waals surface area (Å²) in [6, 6.07) is 2.69. The Hall–Kier alpha value is -1.87. The van der Waals surface area contributed by atoms with E-state index in [4.69, 9.17) is 9.47 Å². The number of carbonyl (C=O) groups excluding carboxylic acids is 1. The number of benzene rings is 1. The van der Waals surface area contributed by atoms with E-state index in [-0.39, 0.29) is 17.7 Å². The van der Waals surface area contributed by atoms with E-state index >= 15 is 0 Å². The minimum atomic E-state index is -1.19. The highest BCUT2D eigenvalue weighted by atomic mass is 16.5. The Morgan fingerprint density at radius 3 is 2.41 bits per heavy atom. The molecule has 22 heavy (non-hydrogen) atoms. The topological polar surface area (TPSA) is 120 Å². The Morgan fingerprint density at radius 2 is 1.77 bits per heavy atom. The van der Waals surface area contributed by atoms with Crippen molar-refractivity contribution in [3.63, 3.8) is 0 Å². The number of phenols is 2. The fourth-order valence-electron chi connectivity index (χ4n) is 1.77. The van der Waals surface area contributed by atoms with Gasteiger partial charge in [0, 0.05) is 32.9 Å². The number of ether oxygens (including phenoxy) is 2. The Morgan fingerprint density at radius 1 is 1.14 bits per heavy atom. The number of rotatable bonds is 9. The summed E-state index contributed by atoms with van der Waals surface area (Å²) < 4.78 is 9.63. The van der Waals surface area contributed by atoms with Crippen LogP contribution < -0.4 is 10.6 Å². The molecular formula is C14H22N2O6. The van der Waals surface area contributed by atoms with Gasteiger partial charge in [0.2, 0.25) is 0 Å². The van der Waals surface area contributed by atoms with E-state index in [1.807, 2.05) is 0 Å². The lowest BCUT2D eigenvalue weighted by Crippen LogP contribution is -2.27. The van der Waals surface area contributed by atoms with Gasteiger partial charge in [-0.05, 0) is 6.07 Å². The van der Waals surface area contributed by atoms with E-state index in [1.54, 1.807) is 0 Å². The van der Waals surface area contributed by atoms with Gasteiger partial charge in [0.05, 0.1) is 18.8 Å². The van der Waals surface area contributed by atoms with Crippen LogP contribution in [0.1, 0.15) is 22.1 Å². The summed E-state index contributed by atoms with van der Waals surface area (Å²) in [5.41, 5.74) is -0.0107. The zero-order chi connectivity index (χ0) is 16.5. The standard InChI is InChI=1S/C14H22N2O6/c1-21-7-5-15-13(19)9-3-4-10(12(18)11(9)17)14(20)16-6-8-22-2/h3-4,13,15,17-19H,5-8H2,1-2H3,(H,16,20). The fourth-order valence-corrected chi connectivity index (χ4v) is 1.77. The highest BCUT2D eigenvalue weighted by Gasteiger charge is 2.20. The quantitative estimate of drug-likeness (QED) is 0.241. The highest BCUT2D eigenvalue weighted by molar-refractivity contribution is 5.97. The van der Waals surface area contributed by atoms with Crippen LogP contribution in [0.4, 0.5) is 0 Å². The van der Waals surface area contributed by atoms with Crippen molar-refractivity contribution in [1.29, 1.82) is 0 Å². The van der Waals surface area contributed by atoms with Crippen molar-refractivity contribution in [3.05, 3.63) is 23.3 Å². The molecule has 0 spiro atoms. The molecular weight excluding hydrogens is 292 g/mol. The van der Waals surface area contributed by atoms with E-state index in [2.05, 4.69) is 10.6 Å². The monoisotopic (exact) mass is 314 g/mol. The molecule has 0 aliphatic heterocycles. The average Bonchev–Trinajstić information content (AvgIpc) is 2.50. The maximum Gasteiger partial charge on any atom is 0.255 e. The first-order chi connectivity index (χ1) is 10.5. The van der Waals surface area contributed by atoms with E-state index < -0.39 is 23.6 Å². The summed E-state index contributed by atoms with van der Waals surface area (Å²) in [5.74, 6) is -1.67. The van der Waals surface area contributed by atoms with Crippen LogP contribution in [0.15, 0.2) is 12.1 Å². The minimum absolute atomic E-state index is 0.0713. The molecule has 1 atom stereocenters. The van der Waals surface area contributed by atoms with Crippen molar-refractivity contribution in [1.82, 2.24) is 10.6 Å². The lowest BCUT2D eigenvalue weighted by molar-refractivity contribution is 0.0932. The van der Waals surface area contributed by atoms with Crippen LogP contribution >= 0.6 is 0 Å². The van der Waals surface area contributed by atoms with Crippen LogP contribution in [0, 0.1) is 0 Å². The number of methoxy groups -OCH3 is 2. The van der Waals surface area contributed by atoms with Crippen LogP contribution in [-0.4, -0.2) is 61.7 Å². The highest BCUT2D eigenvalue weighted by Crippen LogP contribution is 2.35. The molecule has 0 fully saturated rings. The molecule has 1 aromatic rings. The van der Waals surface area contributed by atoms with Crippen LogP contribution in [-0.2, 0) is 9.47 Å². The third kappa shape index (κ3) is 4.85. The Bertz CT molecular complexity index is 494. The van der Waals surface area contributed by atoms with Gasteiger partial charge >= 0.3 is 0 Å². The number of phenolic OH excluding ortho intramolecular Hbond substituents is 2. The molecule has 0 bridgehead atoms. The number of carbonyl (C=O) groups is 1. The number of aliphatic hydroxyl groups excluding tert-OH is 1. The van der Waals surface area contributed by atoms with Crippen molar-refractivity contribution in [2.75, 3.05) is 40.5 Å². The van der Waals surface area contributed by atoms with Gasteiger partial charge in [-0.25, -0.2) is 0 Å². The molecule has 124 valence electrons. The van der Waals surface area contributed by atoms with Crippen LogP contribution in [0.25, 0.3) is 0 Å². The van der Waals surface area contributed by atoms with E-state index in [1.165, 1.54) is 26.4 Å². The molecule has 8 heteroatoms. The minimum Gasteiger partial charge on any atom is -0.504 e. The number of nitrogens with one attached hydrogen (secondary N) is 2. The van der Waals surface area contributed by atoms with Crippen LogP contribution in [0.2, 0.25) is 0 Å². The molecule has 8 nitrogen and oxygen atoms in total. The SMILES string of the molecule is COCCNC(=O)c1ccc(C(O)NCCOC)c(O)c1O. The Kier molecular flexibility index (Phi) is 7.61. The number of hydrogen-bond acceptors (Lipinski definition) is 7. The lowest BCUT2D eigenvalue weighted by Gasteiger charge is -2.16. The summed E-state index contributed by atoms with van der Waals surface area (Å²) in [5, 5.41) is 35.0. The van der Waals surface area contributed by atoms with Crippen LogP contribution in [0.3, 0.4) is 0 Å². The normalized spacial score (nSPS) is 12.1. The summed E-state index contributed by atoms with van der Waals surface area (Å²) in [7, 11) is 3.02. The second kappa shape index (κ2) is 9.21. The predicted molar refractivity (Wildman–Crippen MR) is 78.8 cm³/mol. The molecule has 1 aromatic carbocycles. The van der Waals surface area contributed by atoms with Gasteiger partial charge in [-0.2, -0.15) is 0 Å². The van der Waals surface area contributed by atoms with E-state index in [0.717, 1.165) is 0 Å². The number of hydrogen-bond donors (Lipinski definition) is 5. The molecule has 0 aromatic heterocycles. The largest absolute Gasteiger partial charge is 0.504 e. The zero-order valence-corrected chi connectivity index (χ0v) is 12.6. The number of aromatic hydroxyl groups is 2. The number of aliphatic hydroxyl groups is 1. The Balaban J connectivity index is 2.81. The predicted octanol–water partition coefficient (Wildman–Crippen LogP) is -0.299. The molecule has 0 saturated carbocycles. The second-order valence-electron chi connectivity index (χ2n) is 4.50. The molecule has 0 aliphatic carbocycles. The van der Waals surface area contributed by atoms with Crippen molar-refractivity contribution in [2.24, 2.45) is 0 Å². The van der Waals surface area contributed by atoms with Crippen molar-refractivity contribution < 1.29 is 29.6 Å². The summed E-state index contributed by atoms with van der Waals surface area (Å²) in [6.07, 6.45) is -1.19. The van der Waals surface area contributed by atoms with Crippen molar-refractivity contribution >= 4 is 5.91 Å². The van der Waals surface area contributed by atoms with Gasteiger partial charge in [-0.3, -0.25) is 10.1 Å². The molecule has 0 aliphatic rings. The molecule has 1 rings (SSSR count). The first-order valence-corrected chi connectivity index (χ1v) is 6.75. The van der Waals surface area contributed by atoms with Gasteiger partial charge in [0.15, 0.2) is 11.5 Å². The first-order valence-electron chi connectivity index (χ1n) is 6.75. The van der Waals surface area contributed by atoms with Crippen molar-refractivity contribution in [3.8, 4) is 11.5 Å². The van der Waals surface area contributed by atoms with Gasteiger partial charge in [0.1, 0.15) is 6.23 Å². The molecule has 0 heterocycles. The summed E-state index contributed by atoms with van der Waals surface area (Å²) >= 11 is 0. The fraction of sp³-hybridized carbons (Fsp3) is 0.500. The molecule has 1 amide bonds. The molecule has 0 saturated heterocycles. The van der Waals surface area contributed by atoms with Gasteiger partial charge in [-0.1, -0.05) is 6.07 Å². The third-order valence-electron chi connectivity index (χ3n) is 2.96. The molecule has 0 radical (unpaired) electrons. The first kappa shape index (κ1) is 18.2. The molecule has 1 unspecified atom stereocenters. The Labute approximate surface area is 128 Å². The van der Waals surface area contributed by atoms with E-state index in [9.17, 15) is 20.1 Å². The maximum atomic E-state index is 11.9. The summed E-state index contributed by atoms with van der Waals surface area (Å²) in [6.45, 7) is 1.35. The van der Waals surface area contributed by atoms with Gasteiger partial charge in [-0.15, -0.1) is 0 Å². The third-order valence-corrected chi connectivity index (χ3v) is 2.96. The van der Waals surface area contributed by atoms with Gasteiger partial charge in [0.25, 0.3) is 5.91 Å². The average molecular weight is 314 g/mol. The maximum absolute atomic E-state index is 11.9. The van der Waals surface area contributed by atoms with E-state index in [0.29, 0.717) is 19.8 Å². The van der Waals surface area contributed by atoms with Gasteiger partial charge < -0.3 is 30.1 Å². The van der Waals surface area contributed by atoms with Crippen LogP contribution in [0.5, 0.6) is 11.5 Å². The zero-order valence-electron chi connectivity index (χ0n) is 12.6. The summed E-state index contributed by atoms with van der Waals surface area (Å²) in [4.78, 5) is 11.9.